The highest BCUT2D eigenvalue weighted by Crippen LogP contribution is 2.46. The normalized spacial score (nSPS) is 22.4. The summed E-state index contributed by atoms with van der Waals surface area (Å²) in [6.45, 7) is 2.12. The van der Waals surface area contributed by atoms with E-state index in [1.807, 2.05) is 6.07 Å². The molecular formula is C18H16BrIO. The summed E-state index contributed by atoms with van der Waals surface area (Å²) in [4.78, 5) is 0. The molecule has 0 fully saturated rings. The Morgan fingerprint density at radius 1 is 1.05 bits per heavy atom. The predicted octanol–water partition coefficient (Wildman–Crippen LogP) is 6.24. The molecule has 0 aromatic heterocycles. The van der Waals surface area contributed by atoms with Crippen LogP contribution in [0.3, 0.4) is 0 Å². The second-order valence-electron chi connectivity index (χ2n) is 5.29. The van der Waals surface area contributed by atoms with Gasteiger partial charge in [-0.3, -0.25) is 0 Å². The zero-order chi connectivity index (χ0) is 14.8. The van der Waals surface area contributed by atoms with Crippen molar-refractivity contribution in [1.82, 2.24) is 0 Å². The minimum Gasteiger partial charge on any atom is -0.360 e. The van der Waals surface area contributed by atoms with Gasteiger partial charge in [-0.1, -0.05) is 76.1 Å². The van der Waals surface area contributed by atoms with Crippen molar-refractivity contribution in [2.45, 2.75) is 25.6 Å². The summed E-state index contributed by atoms with van der Waals surface area (Å²) >= 11 is 6.14. The second-order valence-corrected chi connectivity index (χ2v) is 7.41. The summed E-state index contributed by atoms with van der Waals surface area (Å²) in [5.74, 6) is 0. The molecular weight excluding hydrogens is 439 g/mol. The number of hydrogen-bond donors (Lipinski definition) is 0. The lowest BCUT2D eigenvalue weighted by atomic mass is 9.99. The highest BCUT2D eigenvalue weighted by Gasteiger charge is 2.29. The summed E-state index contributed by atoms with van der Waals surface area (Å²) in [5, 5.41) is 0. The Kier molecular flexibility index (Phi) is 4.82. The van der Waals surface area contributed by atoms with E-state index in [1.165, 1.54) is 24.8 Å². The van der Waals surface area contributed by atoms with Gasteiger partial charge in [-0.25, -0.2) is 0 Å². The van der Waals surface area contributed by atoms with Crippen LogP contribution in [0.25, 0.3) is 0 Å². The van der Waals surface area contributed by atoms with Crippen LogP contribution in [0.15, 0.2) is 62.7 Å². The van der Waals surface area contributed by atoms with Gasteiger partial charge in [0.05, 0.1) is 6.10 Å². The van der Waals surface area contributed by atoms with Crippen LogP contribution in [0.2, 0.25) is 0 Å². The lowest BCUT2D eigenvalue weighted by Crippen LogP contribution is -2.16. The smallest absolute Gasteiger partial charge is 0.115 e. The Balaban J connectivity index is 1.95. The van der Waals surface area contributed by atoms with Crippen LogP contribution >= 0.6 is 38.5 Å². The van der Waals surface area contributed by atoms with Gasteiger partial charge in [0.2, 0.25) is 0 Å². The highest BCUT2D eigenvalue weighted by molar-refractivity contribution is 14.1. The van der Waals surface area contributed by atoms with Crippen LogP contribution < -0.4 is 0 Å². The molecule has 3 heteroatoms. The first-order chi connectivity index (χ1) is 10.1. The number of hydrogen-bond acceptors (Lipinski definition) is 1. The minimum atomic E-state index is 0.0128. The van der Waals surface area contributed by atoms with Crippen molar-refractivity contribution in [3.05, 3.63) is 79.3 Å². The molecule has 0 spiro atoms. The van der Waals surface area contributed by atoms with E-state index >= 15 is 0 Å². The van der Waals surface area contributed by atoms with E-state index in [0.717, 1.165) is 6.42 Å². The molecule has 2 unspecified atom stereocenters. The molecule has 0 aliphatic carbocycles. The van der Waals surface area contributed by atoms with Crippen molar-refractivity contribution < 1.29 is 4.74 Å². The summed E-state index contributed by atoms with van der Waals surface area (Å²) in [7, 11) is 0. The van der Waals surface area contributed by atoms with Gasteiger partial charge in [-0.05, 0) is 40.6 Å². The summed E-state index contributed by atoms with van der Waals surface area (Å²) in [6.07, 6.45) is 1.01. The minimum absolute atomic E-state index is 0.0128. The van der Waals surface area contributed by atoms with Gasteiger partial charge >= 0.3 is 0 Å². The van der Waals surface area contributed by atoms with E-state index in [4.69, 9.17) is 4.74 Å². The van der Waals surface area contributed by atoms with Crippen LogP contribution in [0.1, 0.15) is 35.3 Å². The van der Waals surface area contributed by atoms with Crippen molar-refractivity contribution in [3.8, 4) is 0 Å². The Bertz CT molecular complexity index is 666. The maximum atomic E-state index is 6.40. The van der Waals surface area contributed by atoms with E-state index in [2.05, 4.69) is 94.0 Å². The van der Waals surface area contributed by atoms with Crippen molar-refractivity contribution in [1.29, 1.82) is 0 Å². The molecule has 1 nitrogen and oxygen atoms in total. The number of ether oxygens (including phenoxy) is 1. The first-order valence-electron chi connectivity index (χ1n) is 6.96. The molecule has 2 aromatic carbocycles. The molecule has 108 valence electrons. The fourth-order valence-electron chi connectivity index (χ4n) is 2.60. The van der Waals surface area contributed by atoms with E-state index < -0.39 is 0 Å². The van der Waals surface area contributed by atoms with E-state index in [1.54, 1.807) is 0 Å². The van der Waals surface area contributed by atoms with Crippen LogP contribution in [0, 0.1) is 6.92 Å². The quantitative estimate of drug-likeness (QED) is 0.488. The SMILES string of the molecule is Cc1cccc(C2OC(c3ccccc3)CC(Br)=C2I)c1. The van der Waals surface area contributed by atoms with Gasteiger partial charge in [0.15, 0.2) is 0 Å². The molecule has 1 heterocycles. The molecule has 0 radical (unpaired) electrons. The van der Waals surface area contributed by atoms with Crippen LogP contribution in [0.4, 0.5) is 0 Å². The molecule has 1 aliphatic rings. The number of halogens is 2. The first kappa shape index (κ1) is 15.3. The van der Waals surface area contributed by atoms with Crippen molar-refractivity contribution >= 4 is 38.5 Å². The fourth-order valence-corrected chi connectivity index (χ4v) is 3.83. The zero-order valence-electron chi connectivity index (χ0n) is 11.7. The summed E-state index contributed by atoms with van der Waals surface area (Å²) in [5.41, 5.74) is 3.71. The number of benzene rings is 2. The lowest BCUT2D eigenvalue weighted by Gasteiger charge is -2.31. The molecule has 0 bridgehead atoms. The van der Waals surface area contributed by atoms with Gasteiger partial charge in [0, 0.05) is 14.5 Å². The standard InChI is InChI=1S/C18H16BrIO/c1-12-6-5-9-14(10-12)18-17(20)15(19)11-16(21-18)13-7-3-2-4-8-13/h2-10,16,18H,11H2,1H3. The molecule has 2 atom stereocenters. The van der Waals surface area contributed by atoms with E-state index in [-0.39, 0.29) is 12.2 Å². The largest absolute Gasteiger partial charge is 0.360 e. The molecule has 0 N–H and O–H groups in total. The zero-order valence-corrected chi connectivity index (χ0v) is 15.5. The molecule has 0 amide bonds. The fraction of sp³-hybridized carbons (Fsp3) is 0.222. The highest BCUT2D eigenvalue weighted by atomic mass is 127. The third-order valence-electron chi connectivity index (χ3n) is 3.67. The average molecular weight is 455 g/mol. The van der Waals surface area contributed by atoms with E-state index in [9.17, 15) is 0 Å². The van der Waals surface area contributed by atoms with E-state index in [0.29, 0.717) is 0 Å². The van der Waals surface area contributed by atoms with Gasteiger partial charge in [-0.2, -0.15) is 0 Å². The van der Waals surface area contributed by atoms with Crippen LogP contribution in [0.5, 0.6) is 0 Å². The third kappa shape index (κ3) is 3.41. The average Bonchev–Trinajstić information content (AvgIpc) is 2.51. The summed E-state index contributed by atoms with van der Waals surface area (Å²) in [6, 6.07) is 19.0. The van der Waals surface area contributed by atoms with Crippen LogP contribution in [-0.2, 0) is 4.74 Å². The topological polar surface area (TPSA) is 9.23 Å². The van der Waals surface area contributed by atoms with Gasteiger partial charge in [-0.15, -0.1) is 0 Å². The predicted molar refractivity (Wildman–Crippen MR) is 98.8 cm³/mol. The molecule has 3 rings (SSSR count). The monoisotopic (exact) mass is 454 g/mol. The molecule has 2 aromatic rings. The third-order valence-corrected chi connectivity index (χ3v) is 6.38. The van der Waals surface area contributed by atoms with Gasteiger partial charge in [0.25, 0.3) is 0 Å². The van der Waals surface area contributed by atoms with Gasteiger partial charge < -0.3 is 4.74 Å². The summed E-state index contributed by atoms with van der Waals surface area (Å²) < 4.78 is 8.89. The number of aryl methyl sites for hydroxylation is 1. The molecule has 21 heavy (non-hydrogen) atoms. The maximum absolute atomic E-state index is 6.40. The lowest BCUT2D eigenvalue weighted by molar-refractivity contribution is 0.00162. The van der Waals surface area contributed by atoms with Crippen molar-refractivity contribution in [2.24, 2.45) is 0 Å². The second kappa shape index (κ2) is 6.63. The molecule has 0 saturated carbocycles. The Hall–Kier alpha value is -0.650. The molecule has 1 aliphatic heterocycles. The Labute approximate surface area is 147 Å². The Morgan fingerprint density at radius 2 is 1.76 bits per heavy atom. The van der Waals surface area contributed by atoms with Crippen molar-refractivity contribution in [3.63, 3.8) is 0 Å². The van der Waals surface area contributed by atoms with Crippen LogP contribution in [-0.4, -0.2) is 0 Å². The van der Waals surface area contributed by atoms with Crippen molar-refractivity contribution in [2.75, 3.05) is 0 Å². The van der Waals surface area contributed by atoms with Gasteiger partial charge in [0.1, 0.15) is 6.10 Å². The molecule has 0 saturated heterocycles. The Morgan fingerprint density at radius 3 is 2.48 bits per heavy atom. The maximum Gasteiger partial charge on any atom is 0.115 e. The first-order valence-corrected chi connectivity index (χ1v) is 8.83. The number of rotatable bonds is 2.